The predicted molar refractivity (Wildman–Crippen MR) is 149 cm³/mol. The number of aromatic carboxylic acids is 1. The normalized spacial score (nSPS) is 11.2. The summed E-state index contributed by atoms with van der Waals surface area (Å²) < 4.78 is 0.756. The van der Waals surface area contributed by atoms with Crippen molar-refractivity contribution in [3.8, 4) is 5.75 Å². The van der Waals surface area contributed by atoms with Crippen LogP contribution in [0.25, 0.3) is 0 Å². The lowest BCUT2D eigenvalue weighted by atomic mass is 10.0. The largest absolute Gasteiger partial charge is 0.872 e. The monoisotopic (exact) mass is 525 g/mol. The van der Waals surface area contributed by atoms with Crippen LogP contribution in [0.4, 0.5) is 0 Å². The Kier molecular flexibility index (Phi) is 23.5. The zero-order valence-electron chi connectivity index (χ0n) is 23.4. The number of carboxylic acid groups (broad SMARTS) is 1. The molecule has 0 bridgehead atoms. The molecule has 0 saturated carbocycles. The SMILES string of the molecule is CCCCCCCCCCCCCCCC[N+](CCO)(CCO)CCCO.O=C(O)c1ccccc1[O-]. The van der Waals surface area contributed by atoms with Gasteiger partial charge < -0.3 is 30.0 Å². The number of carbonyl (C=O) groups is 1. The molecule has 0 radical (unpaired) electrons. The van der Waals surface area contributed by atoms with Crippen LogP contribution in [0, 0.1) is 0 Å². The van der Waals surface area contributed by atoms with E-state index in [1.165, 1.54) is 108 Å². The molecule has 0 spiro atoms. The summed E-state index contributed by atoms with van der Waals surface area (Å²) >= 11 is 0. The van der Waals surface area contributed by atoms with Gasteiger partial charge in [-0.25, -0.2) is 4.79 Å². The van der Waals surface area contributed by atoms with Gasteiger partial charge in [-0.1, -0.05) is 108 Å². The molecule has 1 aromatic rings. The third kappa shape index (κ3) is 19.1. The molecule has 0 fully saturated rings. The molecule has 0 unspecified atom stereocenters. The Morgan fingerprint density at radius 3 is 1.46 bits per heavy atom. The Balaban J connectivity index is 0.00000107. The molecule has 216 valence electrons. The summed E-state index contributed by atoms with van der Waals surface area (Å²) in [6.45, 7) is 6.04. The molecule has 4 N–H and O–H groups in total. The molecule has 0 atom stereocenters. The first kappa shape index (κ1) is 35.3. The van der Waals surface area contributed by atoms with Crippen LogP contribution in [0.5, 0.6) is 5.75 Å². The average Bonchev–Trinajstić information content (AvgIpc) is 2.88. The Labute approximate surface area is 225 Å². The summed E-state index contributed by atoms with van der Waals surface area (Å²) in [6.07, 6.45) is 19.8. The number of para-hydroxylation sites is 1. The summed E-state index contributed by atoms with van der Waals surface area (Å²) in [7, 11) is 0. The zero-order chi connectivity index (χ0) is 27.6. The zero-order valence-corrected chi connectivity index (χ0v) is 23.4. The first-order valence-electron chi connectivity index (χ1n) is 14.6. The maximum Gasteiger partial charge on any atom is 0.335 e. The van der Waals surface area contributed by atoms with Crippen molar-refractivity contribution in [2.45, 2.75) is 103 Å². The minimum Gasteiger partial charge on any atom is -0.872 e. The molecule has 0 saturated heterocycles. The number of hydrogen-bond donors (Lipinski definition) is 4. The Morgan fingerprint density at radius 2 is 1.08 bits per heavy atom. The van der Waals surface area contributed by atoms with Gasteiger partial charge in [0.05, 0.1) is 31.9 Å². The average molecular weight is 526 g/mol. The number of rotatable bonds is 23. The van der Waals surface area contributed by atoms with Crippen LogP contribution in [0.3, 0.4) is 0 Å². The molecule has 0 heterocycles. The molecular formula is C30H55NO6. The van der Waals surface area contributed by atoms with E-state index in [0.29, 0.717) is 13.1 Å². The van der Waals surface area contributed by atoms with E-state index in [-0.39, 0.29) is 25.4 Å². The number of unbranched alkanes of at least 4 members (excludes halogenated alkanes) is 13. The van der Waals surface area contributed by atoms with Gasteiger partial charge in [0.2, 0.25) is 0 Å². The van der Waals surface area contributed by atoms with E-state index in [2.05, 4.69) is 6.92 Å². The van der Waals surface area contributed by atoms with Crippen LogP contribution in [0.2, 0.25) is 0 Å². The number of aliphatic hydroxyl groups excluding tert-OH is 3. The maximum absolute atomic E-state index is 10.7. The van der Waals surface area contributed by atoms with E-state index in [1.54, 1.807) is 0 Å². The highest BCUT2D eigenvalue weighted by atomic mass is 16.4. The highest BCUT2D eigenvalue weighted by Gasteiger charge is 2.25. The van der Waals surface area contributed by atoms with Gasteiger partial charge in [-0.05, 0) is 18.9 Å². The molecule has 1 aromatic carbocycles. The smallest absolute Gasteiger partial charge is 0.335 e. The van der Waals surface area contributed by atoms with Crippen LogP contribution in [0.1, 0.15) is 114 Å². The molecule has 37 heavy (non-hydrogen) atoms. The molecule has 7 heteroatoms. The third-order valence-electron chi connectivity index (χ3n) is 7.04. The van der Waals surface area contributed by atoms with Crippen molar-refractivity contribution in [2.75, 3.05) is 46.0 Å². The number of nitrogens with zero attached hydrogens (tertiary/aromatic N) is 1. The Morgan fingerprint density at radius 1 is 0.649 bits per heavy atom. The maximum atomic E-state index is 10.7. The minimum atomic E-state index is -1.18. The van der Waals surface area contributed by atoms with Crippen molar-refractivity contribution in [3.05, 3.63) is 29.8 Å². The molecule has 7 nitrogen and oxygen atoms in total. The van der Waals surface area contributed by atoms with Crippen molar-refractivity contribution in [3.63, 3.8) is 0 Å². The predicted octanol–water partition coefficient (Wildman–Crippen LogP) is 5.11. The van der Waals surface area contributed by atoms with Gasteiger partial charge >= 0.3 is 5.97 Å². The highest BCUT2D eigenvalue weighted by molar-refractivity contribution is 5.90. The fourth-order valence-electron chi connectivity index (χ4n) is 4.79. The first-order valence-corrected chi connectivity index (χ1v) is 14.6. The van der Waals surface area contributed by atoms with Crippen molar-refractivity contribution >= 4 is 5.97 Å². The second-order valence-corrected chi connectivity index (χ2v) is 10.2. The quantitative estimate of drug-likeness (QED) is 0.116. The van der Waals surface area contributed by atoms with Crippen LogP contribution < -0.4 is 5.11 Å². The fourth-order valence-corrected chi connectivity index (χ4v) is 4.79. The Hall–Kier alpha value is -1.67. The minimum absolute atomic E-state index is 0.157. The molecule has 0 aromatic heterocycles. The van der Waals surface area contributed by atoms with E-state index in [0.717, 1.165) is 30.4 Å². The molecule has 0 aliphatic carbocycles. The standard InChI is InChI=1S/C23H50NO3.C7H6O3/c1-2-3-4-5-6-7-8-9-10-11-12-13-14-15-17-24(19-22-26,20-23-27)18-16-21-25;8-6-4-2-1-3-5(6)7(9)10/h25-27H,2-23H2,1H3;1-4,8H,(H,9,10)/q+1;/p-1. The van der Waals surface area contributed by atoms with Gasteiger partial charge in [-0.3, -0.25) is 0 Å². The molecule has 0 aliphatic rings. The lowest BCUT2D eigenvalue weighted by Gasteiger charge is -2.38. The summed E-state index contributed by atoms with van der Waals surface area (Å²) in [5, 5.41) is 46.9. The Bertz CT molecular complexity index is 649. The van der Waals surface area contributed by atoms with Crippen molar-refractivity contribution in [1.82, 2.24) is 0 Å². The molecule has 1 rings (SSSR count). The van der Waals surface area contributed by atoms with Gasteiger partial charge in [0.15, 0.2) is 0 Å². The van der Waals surface area contributed by atoms with E-state index in [4.69, 9.17) is 10.2 Å². The van der Waals surface area contributed by atoms with Gasteiger partial charge in [-0.2, -0.15) is 0 Å². The lowest BCUT2D eigenvalue weighted by Crippen LogP contribution is -2.53. The topological polar surface area (TPSA) is 121 Å². The summed E-state index contributed by atoms with van der Waals surface area (Å²) in [6, 6.07) is 5.54. The van der Waals surface area contributed by atoms with Crippen LogP contribution in [-0.4, -0.2) is 76.9 Å². The highest BCUT2D eigenvalue weighted by Crippen LogP contribution is 2.15. The van der Waals surface area contributed by atoms with Crippen molar-refractivity contribution in [1.29, 1.82) is 0 Å². The molecule has 0 aliphatic heterocycles. The number of hydrogen-bond acceptors (Lipinski definition) is 5. The summed E-state index contributed by atoms with van der Waals surface area (Å²) in [4.78, 5) is 10.2. The van der Waals surface area contributed by atoms with Crippen LogP contribution in [0.15, 0.2) is 24.3 Å². The first-order chi connectivity index (χ1) is 18.0. The third-order valence-corrected chi connectivity index (χ3v) is 7.04. The number of quaternary nitrogens is 1. The van der Waals surface area contributed by atoms with Gasteiger partial charge in [-0.15, -0.1) is 0 Å². The lowest BCUT2D eigenvalue weighted by molar-refractivity contribution is -0.929. The van der Waals surface area contributed by atoms with Crippen molar-refractivity contribution < 1.29 is 34.8 Å². The second kappa shape index (κ2) is 24.7. The number of aliphatic hydroxyl groups is 3. The van der Waals surface area contributed by atoms with E-state index in [9.17, 15) is 20.1 Å². The van der Waals surface area contributed by atoms with Gasteiger partial charge in [0.25, 0.3) is 0 Å². The van der Waals surface area contributed by atoms with E-state index in [1.807, 2.05) is 0 Å². The second-order valence-electron chi connectivity index (χ2n) is 10.2. The fraction of sp³-hybridized carbons (Fsp3) is 0.767. The molecular weight excluding hydrogens is 470 g/mol. The number of carboxylic acids is 1. The van der Waals surface area contributed by atoms with Gasteiger partial charge in [0.1, 0.15) is 13.1 Å². The molecule has 0 amide bonds. The summed E-state index contributed by atoms with van der Waals surface area (Å²) in [5.41, 5.74) is -0.178. The number of benzene rings is 1. The van der Waals surface area contributed by atoms with Crippen molar-refractivity contribution in [2.24, 2.45) is 0 Å². The van der Waals surface area contributed by atoms with Crippen LogP contribution in [-0.2, 0) is 0 Å². The van der Waals surface area contributed by atoms with Crippen LogP contribution >= 0.6 is 0 Å². The van der Waals surface area contributed by atoms with E-state index < -0.39 is 11.7 Å². The van der Waals surface area contributed by atoms with E-state index >= 15 is 0 Å². The van der Waals surface area contributed by atoms with Gasteiger partial charge in [0, 0.05) is 13.0 Å². The summed E-state index contributed by atoms with van der Waals surface area (Å²) in [5.74, 6) is -1.62.